The number of carbonyl (C=O) groups is 1. The van der Waals surface area contributed by atoms with E-state index in [2.05, 4.69) is 39.2 Å². The summed E-state index contributed by atoms with van der Waals surface area (Å²) in [6, 6.07) is 15.4. The number of aliphatic hydroxyl groups excluding tert-OH is 2. The van der Waals surface area contributed by atoms with E-state index >= 15 is 0 Å². The molecule has 0 bridgehead atoms. The lowest BCUT2D eigenvalue weighted by molar-refractivity contribution is -0.121. The summed E-state index contributed by atoms with van der Waals surface area (Å²) in [5, 5.41) is 22.1. The summed E-state index contributed by atoms with van der Waals surface area (Å²) in [6.45, 7) is 2.72. The number of hydrogen-bond donors (Lipinski definition) is 3. The topological polar surface area (TPSA) is 77.7 Å². The number of fused-ring (bicyclic) bond motifs is 1. The number of halogens is 1. The van der Waals surface area contributed by atoms with Crippen molar-refractivity contribution in [3.8, 4) is 0 Å². The highest BCUT2D eigenvalue weighted by Crippen LogP contribution is 2.28. The van der Waals surface area contributed by atoms with Crippen molar-refractivity contribution in [3.63, 3.8) is 0 Å². The average molecular weight is 454 g/mol. The number of piperidine rings is 1. The van der Waals surface area contributed by atoms with Gasteiger partial charge in [0.25, 0.3) is 0 Å². The van der Waals surface area contributed by atoms with Crippen LogP contribution in [0.25, 0.3) is 10.9 Å². The molecule has 0 radical (unpaired) electrons. The molecule has 0 saturated carbocycles. The highest BCUT2D eigenvalue weighted by atomic mass is 19.1. The molecule has 1 aliphatic heterocycles. The molecule has 2 heterocycles. The summed E-state index contributed by atoms with van der Waals surface area (Å²) < 4.78 is 15.4. The van der Waals surface area contributed by atoms with Crippen molar-refractivity contribution in [2.45, 2.75) is 37.8 Å². The molecule has 1 fully saturated rings. The summed E-state index contributed by atoms with van der Waals surface area (Å²) in [6.07, 6.45) is 4.51. The largest absolute Gasteiger partial charge is 0.394 e. The number of likely N-dealkylation sites (tertiary alicyclic amines) is 1. The molecule has 1 aromatic heterocycles. The Morgan fingerprint density at radius 1 is 1.09 bits per heavy atom. The van der Waals surface area contributed by atoms with E-state index in [4.69, 9.17) is 5.11 Å². The summed E-state index contributed by atoms with van der Waals surface area (Å²) >= 11 is 0. The molecule has 176 valence electrons. The Balaban J connectivity index is 1.33. The molecule has 3 aromatic rings. The van der Waals surface area contributed by atoms with Crippen molar-refractivity contribution >= 4 is 16.8 Å². The standard InChI is InChI=1S/C26H32FN3O3/c27-22-5-2-19(3-6-22)7-11-29-12-9-23(10-13-29)30-14-8-21-4-1-20(15-25(21)30)16-26(33)28-17-24(32)18-31/h1-6,8,14-15,23-24,31-32H,7,9-13,16-18H2,(H,28,33). The molecule has 4 rings (SSSR count). The van der Waals surface area contributed by atoms with Gasteiger partial charge in [0.05, 0.1) is 19.1 Å². The van der Waals surface area contributed by atoms with Gasteiger partial charge in [0.15, 0.2) is 0 Å². The molecule has 2 aromatic carbocycles. The van der Waals surface area contributed by atoms with E-state index in [9.17, 15) is 14.3 Å². The molecule has 1 unspecified atom stereocenters. The van der Waals surface area contributed by atoms with Crippen LogP contribution in [0.2, 0.25) is 0 Å². The van der Waals surface area contributed by atoms with E-state index in [1.165, 1.54) is 12.1 Å². The molecular formula is C26H32FN3O3. The molecule has 7 heteroatoms. The number of hydrogen-bond acceptors (Lipinski definition) is 4. The van der Waals surface area contributed by atoms with Gasteiger partial charge in [-0.15, -0.1) is 0 Å². The Kier molecular flexibility index (Phi) is 7.75. The molecule has 1 saturated heterocycles. The van der Waals surface area contributed by atoms with Crippen molar-refractivity contribution in [1.29, 1.82) is 0 Å². The molecule has 1 aliphatic rings. The van der Waals surface area contributed by atoms with Gasteiger partial charge >= 0.3 is 0 Å². The SMILES string of the molecule is O=C(Cc1ccc2ccn(C3CCN(CCc4ccc(F)cc4)CC3)c2c1)NCC(O)CO. The predicted octanol–water partition coefficient (Wildman–Crippen LogP) is 2.67. The van der Waals surface area contributed by atoms with Crippen molar-refractivity contribution in [2.24, 2.45) is 0 Å². The maximum Gasteiger partial charge on any atom is 0.224 e. The van der Waals surface area contributed by atoms with Crippen LogP contribution in [0.4, 0.5) is 4.39 Å². The lowest BCUT2D eigenvalue weighted by Crippen LogP contribution is -2.35. The zero-order chi connectivity index (χ0) is 23.2. The smallest absolute Gasteiger partial charge is 0.224 e. The number of aliphatic hydroxyl groups is 2. The highest BCUT2D eigenvalue weighted by molar-refractivity contribution is 5.84. The van der Waals surface area contributed by atoms with Crippen molar-refractivity contribution in [1.82, 2.24) is 14.8 Å². The number of aromatic nitrogens is 1. The van der Waals surface area contributed by atoms with E-state index in [-0.39, 0.29) is 31.3 Å². The first-order valence-electron chi connectivity index (χ1n) is 11.6. The van der Waals surface area contributed by atoms with Gasteiger partial charge in [-0.2, -0.15) is 0 Å². The van der Waals surface area contributed by atoms with Gasteiger partial charge in [-0.3, -0.25) is 4.79 Å². The maximum absolute atomic E-state index is 13.1. The van der Waals surface area contributed by atoms with Crippen LogP contribution >= 0.6 is 0 Å². The third kappa shape index (κ3) is 6.19. The van der Waals surface area contributed by atoms with Crippen molar-refractivity contribution in [2.75, 3.05) is 32.8 Å². The highest BCUT2D eigenvalue weighted by Gasteiger charge is 2.21. The second-order valence-electron chi connectivity index (χ2n) is 8.88. The minimum absolute atomic E-state index is 0.0493. The molecular weight excluding hydrogens is 421 g/mol. The normalized spacial score (nSPS) is 16.2. The van der Waals surface area contributed by atoms with Crippen LogP contribution < -0.4 is 5.32 Å². The Morgan fingerprint density at radius 3 is 2.55 bits per heavy atom. The number of nitrogens with zero attached hydrogens (tertiary/aromatic N) is 2. The number of nitrogens with one attached hydrogen (secondary N) is 1. The fourth-order valence-corrected chi connectivity index (χ4v) is 4.53. The first kappa shape index (κ1) is 23.4. The Hall–Kier alpha value is -2.74. The third-order valence-electron chi connectivity index (χ3n) is 6.48. The van der Waals surface area contributed by atoms with Gasteiger partial charge in [0.2, 0.25) is 5.91 Å². The van der Waals surface area contributed by atoms with Gasteiger partial charge < -0.3 is 25.0 Å². The molecule has 33 heavy (non-hydrogen) atoms. The van der Waals surface area contributed by atoms with Gasteiger partial charge in [0.1, 0.15) is 5.82 Å². The fraction of sp³-hybridized carbons (Fsp3) is 0.423. The summed E-state index contributed by atoms with van der Waals surface area (Å²) in [5.41, 5.74) is 3.23. The zero-order valence-electron chi connectivity index (χ0n) is 18.8. The van der Waals surface area contributed by atoms with Gasteiger partial charge in [-0.1, -0.05) is 24.3 Å². The van der Waals surface area contributed by atoms with Crippen molar-refractivity contribution in [3.05, 3.63) is 71.7 Å². The van der Waals surface area contributed by atoms with E-state index in [1.54, 1.807) is 0 Å². The summed E-state index contributed by atoms with van der Waals surface area (Å²) in [7, 11) is 0. The Morgan fingerprint density at radius 2 is 1.82 bits per heavy atom. The second-order valence-corrected chi connectivity index (χ2v) is 8.88. The summed E-state index contributed by atoms with van der Waals surface area (Å²) in [5.74, 6) is -0.364. The number of rotatable bonds is 9. The monoisotopic (exact) mass is 453 g/mol. The zero-order valence-corrected chi connectivity index (χ0v) is 18.8. The molecule has 0 spiro atoms. The van der Waals surface area contributed by atoms with E-state index in [1.807, 2.05) is 18.2 Å². The third-order valence-corrected chi connectivity index (χ3v) is 6.48. The van der Waals surface area contributed by atoms with Crippen LogP contribution in [0, 0.1) is 5.82 Å². The van der Waals surface area contributed by atoms with E-state index in [0.29, 0.717) is 6.04 Å². The minimum atomic E-state index is -0.935. The molecule has 1 amide bonds. The Labute approximate surface area is 193 Å². The van der Waals surface area contributed by atoms with Crippen molar-refractivity contribution < 1.29 is 19.4 Å². The van der Waals surface area contributed by atoms with E-state index < -0.39 is 6.10 Å². The molecule has 6 nitrogen and oxygen atoms in total. The summed E-state index contributed by atoms with van der Waals surface area (Å²) in [4.78, 5) is 14.7. The maximum atomic E-state index is 13.1. The molecule has 1 atom stereocenters. The quantitative estimate of drug-likeness (QED) is 0.466. The lowest BCUT2D eigenvalue weighted by Gasteiger charge is -2.33. The van der Waals surface area contributed by atoms with Crippen LogP contribution in [0.5, 0.6) is 0 Å². The minimum Gasteiger partial charge on any atom is -0.394 e. The van der Waals surface area contributed by atoms with Crippen LogP contribution in [-0.4, -0.2) is 64.5 Å². The first-order valence-corrected chi connectivity index (χ1v) is 11.6. The van der Waals surface area contributed by atoms with Gasteiger partial charge in [0, 0.05) is 43.9 Å². The fourth-order valence-electron chi connectivity index (χ4n) is 4.53. The number of carbonyl (C=O) groups excluding carboxylic acids is 1. The average Bonchev–Trinajstić information content (AvgIpc) is 3.26. The Bertz CT molecular complexity index is 1060. The van der Waals surface area contributed by atoms with Crippen LogP contribution in [-0.2, 0) is 17.6 Å². The van der Waals surface area contributed by atoms with Crippen LogP contribution in [0.1, 0.15) is 30.0 Å². The number of benzene rings is 2. The molecule has 3 N–H and O–H groups in total. The van der Waals surface area contributed by atoms with E-state index in [0.717, 1.165) is 60.9 Å². The predicted molar refractivity (Wildman–Crippen MR) is 127 cm³/mol. The lowest BCUT2D eigenvalue weighted by atomic mass is 10.0. The first-order chi connectivity index (χ1) is 16.0. The van der Waals surface area contributed by atoms with Gasteiger partial charge in [-0.25, -0.2) is 4.39 Å². The van der Waals surface area contributed by atoms with Gasteiger partial charge in [-0.05, 0) is 60.0 Å². The second kappa shape index (κ2) is 10.9. The molecule has 0 aliphatic carbocycles. The van der Waals surface area contributed by atoms with Crippen LogP contribution in [0.15, 0.2) is 54.7 Å². The number of amides is 1. The van der Waals surface area contributed by atoms with Crippen LogP contribution in [0.3, 0.4) is 0 Å².